The predicted molar refractivity (Wildman–Crippen MR) is 96.4 cm³/mol. The minimum Gasteiger partial charge on any atom is -0.493 e. The van der Waals surface area contributed by atoms with E-state index in [-0.39, 0.29) is 12.5 Å². The molecule has 2 aromatic carbocycles. The minimum absolute atomic E-state index is 0.221. The van der Waals surface area contributed by atoms with E-state index >= 15 is 0 Å². The molecular formula is C17H15BrClNO4. The van der Waals surface area contributed by atoms with Crippen molar-refractivity contribution in [2.75, 3.05) is 19.0 Å². The number of aldehydes is 1. The van der Waals surface area contributed by atoms with Gasteiger partial charge in [0.2, 0.25) is 0 Å². The van der Waals surface area contributed by atoms with Crippen LogP contribution in [0.2, 0.25) is 5.02 Å². The Morgan fingerprint density at radius 3 is 2.71 bits per heavy atom. The van der Waals surface area contributed by atoms with Crippen molar-refractivity contribution in [3.05, 3.63) is 51.0 Å². The van der Waals surface area contributed by atoms with E-state index in [0.717, 1.165) is 5.56 Å². The summed E-state index contributed by atoms with van der Waals surface area (Å²) >= 11 is 9.33. The zero-order valence-corrected chi connectivity index (χ0v) is 15.4. The van der Waals surface area contributed by atoms with Gasteiger partial charge >= 0.3 is 0 Å². The van der Waals surface area contributed by atoms with Crippen molar-refractivity contribution in [2.24, 2.45) is 0 Å². The van der Waals surface area contributed by atoms with Gasteiger partial charge in [0.05, 0.1) is 11.6 Å². The Hall–Kier alpha value is -2.05. The number of anilines is 1. The first-order valence-electron chi connectivity index (χ1n) is 6.96. The van der Waals surface area contributed by atoms with Crippen LogP contribution in [0.25, 0.3) is 0 Å². The Kier molecular flexibility index (Phi) is 6.23. The molecule has 0 aliphatic rings. The van der Waals surface area contributed by atoms with Crippen LogP contribution in [0.3, 0.4) is 0 Å². The third kappa shape index (κ3) is 4.49. The molecule has 1 N–H and O–H groups in total. The highest BCUT2D eigenvalue weighted by Gasteiger charge is 2.13. The molecule has 2 aromatic rings. The fraction of sp³-hybridized carbons (Fsp3) is 0.176. The van der Waals surface area contributed by atoms with Crippen LogP contribution in [0.1, 0.15) is 15.9 Å². The molecule has 7 heteroatoms. The molecule has 0 aliphatic carbocycles. The summed E-state index contributed by atoms with van der Waals surface area (Å²) in [7, 11) is 1.46. The molecule has 0 heterocycles. The van der Waals surface area contributed by atoms with E-state index in [1.165, 1.54) is 13.2 Å². The standard InChI is InChI=1S/C17H15BrClNO4/c1-10-3-4-12(7-14(10)19)20-16(22)9-24-17-13(18)5-11(8-21)6-15(17)23-2/h3-8H,9H2,1-2H3,(H,20,22). The summed E-state index contributed by atoms with van der Waals surface area (Å²) in [6, 6.07) is 8.36. The summed E-state index contributed by atoms with van der Waals surface area (Å²) in [6.45, 7) is 1.66. The zero-order chi connectivity index (χ0) is 17.7. The highest BCUT2D eigenvalue weighted by molar-refractivity contribution is 9.10. The minimum atomic E-state index is -0.344. The van der Waals surface area contributed by atoms with Gasteiger partial charge < -0.3 is 14.8 Å². The normalized spacial score (nSPS) is 10.2. The Morgan fingerprint density at radius 2 is 2.08 bits per heavy atom. The van der Waals surface area contributed by atoms with Crippen molar-refractivity contribution in [3.8, 4) is 11.5 Å². The molecule has 0 aliphatic heterocycles. The number of carbonyl (C=O) groups is 2. The van der Waals surface area contributed by atoms with Gasteiger partial charge in [-0.25, -0.2) is 0 Å². The number of methoxy groups -OCH3 is 1. The van der Waals surface area contributed by atoms with Gasteiger partial charge in [-0.3, -0.25) is 9.59 Å². The number of halogens is 2. The quantitative estimate of drug-likeness (QED) is 0.720. The van der Waals surface area contributed by atoms with Crippen LogP contribution >= 0.6 is 27.5 Å². The van der Waals surface area contributed by atoms with Crippen LogP contribution < -0.4 is 14.8 Å². The van der Waals surface area contributed by atoms with Crippen LogP contribution in [0.15, 0.2) is 34.8 Å². The fourth-order valence-corrected chi connectivity index (χ4v) is 2.71. The molecule has 0 saturated carbocycles. The maximum absolute atomic E-state index is 12.0. The van der Waals surface area contributed by atoms with Crippen molar-refractivity contribution in [1.29, 1.82) is 0 Å². The first kappa shape index (κ1) is 18.3. The second kappa shape index (κ2) is 8.17. The Labute approximate surface area is 153 Å². The molecule has 5 nitrogen and oxygen atoms in total. The first-order chi connectivity index (χ1) is 11.4. The zero-order valence-electron chi connectivity index (χ0n) is 13.1. The number of benzene rings is 2. The Bertz CT molecular complexity index is 779. The molecule has 0 radical (unpaired) electrons. The summed E-state index contributed by atoms with van der Waals surface area (Å²) in [5, 5.41) is 3.27. The van der Waals surface area contributed by atoms with Crippen LogP contribution in [-0.4, -0.2) is 25.9 Å². The number of hydrogen-bond donors (Lipinski definition) is 1. The van der Waals surface area contributed by atoms with Crippen LogP contribution in [0.4, 0.5) is 5.69 Å². The topological polar surface area (TPSA) is 64.6 Å². The van der Waals surface area contributed by atoms with Gasteiger partial charge in [0, 0.05) is 16.3 Å². The molecule has 0 atom stereocenters. The number of ether oxygens (including phenoxy) is 2. The number of aryl methyl sites for hydroxylation is 1. The third-order valence-electron chi connectivity index (χ3n) is 3.19. The molecule has 2 rings (SSSR count). The van der Waals surface area contributed by atoms with Crippen molar-refractivity contribution in [1.82, 2.24) is 0 Å². The number of hydrogen-bond acceptors (Lipinski definition) is 4. The van der Waals surface area contributed by atoms with E-state index in [4.69, 9.17) is 21.1 Å². The van der Waals surface area contributed by atoms with E-state index in [9.17, 15) is 9.59 Å². The van der Waals surface area contributed by atoms with Gasteiger partial charge in [0.1, 0.15) is 6.29 Å². The number of carbonyl (C=O) groups excluding carboxylic acids is 2. The van der Waals surface area contributed by atoms with Gasteiger partial charge in [-0.2, -0.15) is 0 Å². The van der Waals surface area contributed by atoms with Crippen molar-refractivity contribution in [2.45, 2.75) is 6.92 Å². The number of nitrogens with one attached hydrogen (secondary N) is 1. The molecule has 0 bridgehead atoms. The first-order valence-corrected chi connectivity index (χ1v) is 8.13. The lowest BCUT2D eigenvalue weighted by atomic mass is 10.2. The molecule has 126 valence electrons. The average molecular weight is 413 g/mol. The summed E-state index contributed by atoms with van der Waals surface area (Å²) in [5.74, 6) is 0.362. The molecule has 0 fully saturated rings. The molecule has 0 saturated heterocycles. The Morgan fingerprint density at radius 1 is 1.33 bits per heavy atom. The second-order valence-electron chi connectivity index (χ2n) is 4.95. The van der Waals surface area contributed by atoms with Crippen molar-refractivity contribution >= 4 is 45.4 Å². The maximum Gasteiger partial charge on any atom is 0.262 e. The van der Waals surface area contributed by atoms with Gasteiger partial charge in [-0.1, -0.05) is 17.7 Å². The van der Waals surface area contributed by atoms with Crippen molar-refractivity contribution in [3.63, 3.8) is 0 Å². The summed E-state index contributed by atoms with van der Waals surface area (Å²) in [5.41, 5.74) is 1.95. The lowest BCUT2D eigenvalue weighted by Gasteiger charge is -2.13. The van der Waals surface area contributed by atoms with E-state index in [0.29, 0.717) is 38.5 Å². The van der Waals surface area contributed by atoms with E-state index in [2.05, 4.69) is 21.2 Å². The Balaban J connectivity index is 2.06. The maximum atomic E-state index is 12.0. The molecule has 1 amide bonds. The van der Waals surface area contributed by atoms with E-state index < -0.39 is 0 Å². The smallest absolute Gasteiger partial charge is 0.262 e. The third-order valence-corrected chi connectivity index (χ3v) is 4.19. The van der Waals surface area contributed by atoms with Crippen LogP contribution in [0.5, 0.6) is 11.5 Å². The lowest BCUT2D eigenvalue weighted by Crippen LogP contribution is -2.20. The van der Waals surface area contributed by atoms with E-state index in [1.807, 2.05) is 13.0 Å². The molecule has 24 heavy (non-hydrogen) atoms. The summed E-state index contributed by atoms with van der Waals surface area (Å²) < 4.78 is 11.2. The van der Waals surface area contributed by atoms with Gasteiger partial charge in [-0.15, -0.1) is 0 Å². The van der Waals surface area contributed by atoms with Gasteiger partial charge in [0.15, 0.2) is 18.1 Å². The predicted octanol–water partition coefficient (Wildman–Crippen LogP) is 4.25. The highest BCUT2D eigenvalue weighted by atomic mass is 79.9. The fourth-order valence-electron chi connectivity index (χ4n) is 1.95. The SMILES string of the molecule is COc1cc(C=O)cc(Br)c1OCC(=O)Nc1ccc(C)c(Cl)c1. The molecule has 0 aromatic heterocycles. The largest absolute Gasteiger partial charge is 0.493 e. The summed E-state index contributed by atoms with van der Waals surface area (Å²) in [6.07, 6.45) is 0.699. The number of rotatable bonds is 6. The van der Waals surface area contributed by atoms with Gasteiger partial charge in [-0.05, 0) is 52.7 Å². The average Bonchev–Trinajstić information content (AvgIpc) is 2.56. The summed E-state index contributed by atoms with van der Waals surface area (Å²) in [4.78, 5) is 22.9. The van der Waals surface area contributed by atoms with Crippen molar-refractivity contribution < 1.29 is 19.1 Å². The van der Waals surface area contributed by atoms with E-state index in [1.54, 1.807) is 18.2 Å². The van der Waals surface area contributed by atoms with Crippen LogP contribution in [-0.2, 0) is 4.79 Å². The molecule has 0 unspecified atom stereocenters. The highest BCUT2D eigenvalue weighted by Crippen LogP contribution is 2.36. The monoisotopic (exact) mass is 411 g/mol. The molecule has 0 spiro atoms. The second-order valence-corrected chi connectivity index (χ2v) is 6.21. The van der Waals surface area contributed by atoms with Crippen LogP contribution in [0, 0.1) is 6.92 Å². The lowest BCUT2D eigenvalue weighted by molar-refractivity contribution is -0.118. The molecular weight excluding hydrogens is 398 g/mol. The van der Waals surface area contributed by atoms with Gasteiger partial charge in [0.25, 0.3) is 5.91 Å². The number of amides is 1.